The van der Waals surface area contributed by atoms with Gasteiger partial charge in [-0.05, 0) is 38.5 Å². The quantitative estimate of drug-likeness (QED) is 0.0961. The van der Waals surface area contributed by atoms with Crippen LogP contribution < -0.4 is 0 Å². The van der Waals surface area contributed by atoms with Gasteiger partial charge in [0, 0.05) is 19.3 Å². The maximum Gasteiger partial charge on any atom is 0.309 e. The van der Waals surface area contributed by atoms with Crippen molar-refractivity contribution in [1.29, 1.82) is 0 Å². The topological polar surface area (TPSA) is 149 Å². The first-order valence-electron chi connectivity index (χ1n) is 14.0. The molecule has 8 nitrogen and oxygen atoms in total. The summed E-state index contributed by atoms with van der Waals surface area (Å²) in [6.45, 7) is 4.21. The fourth-order valence-corrected chi connectivity index (χ4v) is 4.26. The Bertz CT molecular complexity index is 560. The Balaban J connectivity index is 0. The molecule has 0 heterocycles. The Morgan fingerprint density at radius 2 is 0.722 bits per heavy atom. The van der Waals surface area contributed by atoms with Crippen LogP contribution in [0.1, 0.15) is 149 Å². The molecule has 36 heavy (non-hydrogen) atoms. The van der Waals surface area contributed by atoms with Crippen molar-refractivity contribution < 1.29 is 39.6 Å². The monoisotopic (exact) mass is 516 g/mol. The van der Waals surface area contributed by atoms with Crippen molar-refractivity contribution in [3.05, 3.63) is 0 Å². The fourth-order valence-electron chi connectivity index (χ4n) is 4.26. The SMILES string of the molecule is CCCCC(CCCC)(CCCCCCCC(=O)O)C(=O)O.O=C(O)CCCCCCCCC(=O)O. The van der Waals surface area contributed by atoms with Crippen LogP contribution in [0, 0.1) is 5.41 Å². The molecule has 0 bridgehead atoms. The number of aliphatic carboxylic acids is 4. The van der Waals surface area contributed by atoms with Crippen LogP contribution in [-0.2, 0) is 19.2 Å². The molecule has 0 unspecified atom stereocenters. The minimum atomic E-state index is -0.740. The van der Waals surface area contributed by atoms with Crippen LogP contribution in [-0.4, -0.2) is 44.3 Å². The number of carbonyl (C=O) groups is 4. The third kappa shape index (κ3) is 23.6. The Morgan fingerprint density at radius 1 is 0.444 bits per heavy atom. The van der Waals surface area contributed by atoms with Gasteiger partial charge < -0.3 is 20.4 Å². The van der Waals surface area contributed by atoms with Crippen molar-refractivity contribution in [3.8, 4) is 0 Å². The highest BCUT2D eigenvalue weighted by atomic mass is 16.4. The summed E-state index contributed by atoms with van der Waals surface area (Å²) in [7, 11) is 0. The fraction of sp³-hybridized carbons (Fsp3) is 0.857. The Morgan fingerprint density at radius 3 is 1.00 bits per heavy atom. The average molecular weight is 517 g/mol. The van der Waals surface area contributed by atoms with Crippen molar-refractivity contribution in [3.63, 3.8) is 0 Å². The molecule has 0 aliphatic carbocycles. The summed E-state index contributed by atoms with van der Waals surface area (Å²) in [6, 6.07) is 0. The van der Waals surface area contributed by atoms with Gasteiger partial charge in [0.1, 0.15) is 0 Å². The first-order valence-corrected chi connectivity index (χ1v) is 14.0. The number of rotatable bonds is 24. The van der Waals surface area contributed by atoms with Crippen LogP contribution >= 0.6 is 0 Å². The third-order valence-electron chi connectivity index (χ3n) is 6.55. The van der Waals surface area contributed by atoms with Crippen molar-refractivity contribution in [2.45, 2.75) is 149 Å². The van der Waals surface area contributed by atoms with E-state index in [2.05, 4.69) is 13.8 Å². The lowest BCUT2D eigenvalue weighted by Gasteiger charge is -2.29. The zero-order chi connectivity index (χ0) is 27.7. The van der Waals surface area contributed by atoms with Gasteiger partial charge in [0.2, 0.25) is 0 Å². The summed E-state index contributed by atoms with van der Waals surface area (Å²) in [6.07, 6.45) is 17.1. The molecule has 0 fully saturated rings. The molecule has 0 saturated heterocycles. The first kappa shape index (κ1) is 36.0. The van der Waals surface area contributed by atoms with Gasteiger partial charge >= 0.3 is 23.9 Å². The minimum absolute atomic E-state index is 0.242. The summed E-state index contributed by atoms with van der Waals surface area (Å²) in [5.41, 5.74) is -0.535. The van der Waals surface area contributed by atoms with Crippen molar-refractivity contribution in [2.75, 3.05) is 0 Å². The smallest absolute Gasteiger partial charge is 0.309 e. The van der Waals surface area contributed by atoms with E-state index in [-0.39, 0.29) is 19.3 Å². The van der Waals surface area contributed by atoms with Gasteiger partial charge in [-0.3, -0.25) is 19.2 Å². The molecule has 0 aromatic heterocycles. The van der Waals surface area contributed by atoms with Gasteiger partial charge in [-0.15, -0.1) is 0 Å². The molecule has 0 saturated carbocycles. The highest BCUT2D eigenvalue weighted by molar-refractivity contribution is 5.74. The van der Waals surface area contributed by atoms with E-state index in [0.29, 0.717) is 0 Å². The molecule has 0 spiro atoms. The maximum atomic E-state index is 11.8. The third-order valence-corrected chi connectivity index (χ3v) is 6.55. The summed E-state index contributed by atoms with van der Waals surface area (Å²) in [4.78, 5) is 42.5. The molecule has 0 rings (SSSR count). The van der Waals surface area contributed by atoms with E-state index in [0.717, 1.165) is 116 Å². The lowest BCUT2D eigenvalue weighted by atomic mass is 9.74. The van der Waals surface area contributed by atoms with Gasteiger partial charge in [0.05, 0.1) is 5.41 Å². The predicted molar refractivity (Wildman–Crippen MR) is 141 cm³/mol. The van der Waals surface area contributed by atoms with Crippen molar-refractivity contribution >= 4 is 23.9 Å². The zero-order valence-electron chi connectivity index (χ0n) is 22.8. The van der Waals surface area contributed by atoms with Crippen LogP contribution in [0.15, 0.2) is 0 Å². The van der Waals surface area contributed by atoms with E-state index in [9.17, 15) is 24.3 Å². The predicted octanol–water partition coefficient (Wildman–Crippen LogP) is 7.53. The lowest BCUT2D eigenvalue weighted by Crippen LogP contribution is -2.31. The Kier molecular flexibility index (Phi) is 24.6. The molecule has 8 heteroatoms. The maximum absolute atomic E-state index is 11.8. The van der Waals surface area contributed by atoms with E-state index < -0.39 is 29.3 Å². The molecule has 0 atom stereocenters. The van der Waals surface area contributed by atoms with Gasteiger partial charge in [0.15, 0.2) is 0 Å². The molecular weight excluding hydrogens is 464 g/mol. The van der Waals surface area contributed by atoms with Gasteiger partial charge in [-0.2, -0.15) is 0 Å². The van der Waals surface area contributed by atoms with Crippen LogP contribution in [0.3, 0.4) is 0 Å². The van der Waals surface area contributed by atoms with Gasteiger partial charge in [0.25, 0.3) is 0 Å². The van der Waals surface area contributed by atoms with E-state index in [4.69, 9.17) is 15.3 Å². The van der Waals surface area contributed by atoms with E-state index in [1.54, 1.807) is 0 Å². The number of hydrogen-bond acceptors (Lipinski definition) is 4. The molecule has 0 amide bonds. The van der Waals surface area contributed by atoms with Crippen molar-refractivity contribution in [1.82, 2.24) is 0 Å². The normalized spacial score (nSPS) is 10.9. The Labute approximate surface area is 217 Å². The molecular formula is C28H52O8. The van der Waals surface area contributed by atoms with E-state index >= 15 is 0 Å². The summed E-state index contributed by atoms with van der Waals surface area (Å²) in [5.74, 6) is -2.84. The number of carboxylic acids is 4. The largest absolute Gasteiger partial charge is 0.481 e. The second kappa shape index (κ2) is 24.6. The molecule has 0 aromatic carbocycles. The lowest BCUT2D eigenvalue weighted by molar-refractivity contribution is -0.151. The molecule has 0 radical (unpaired) electrons. The highest BCUT2D eigenvalue weighted by Crippen LogP contribution is 2.37. The molecule has 0 aliphatic rings. The van der Waals surface area contributed by atoms with Crippen LogP contribution in [0.2, 0.25) is 0 Å². The highest BCUT2D eigenvalue weighted by Gasteiger charge is 2.36. The van der Waals surface area contributed by atoms with Crippen LogP contribution in [0.5, 0.6) is 0 Å². The van der Waals surface area contributed by atoms with Gasteiger partial charge in [-0.25, -0.2) is 0 Å². The standard InChI is InChI=1S/C18H34O4.C10H18O4/c1-3-5-13-18(17(21)22,14-6-4-2)15-11-9-7-8-10-12-16(19)20;11-9(12)7-5-3-1-2-4-6-8-10(13)14/h3-15H2,1-2H3,(H,19,20)(H,21,22);1-8H2,(H,11,12)(H,13,14). The molecule has 0 aliphatic heterocycles. The van der Waals surface area contributed by atoms with E-state index in [1.165, 1.54) is 0 Å². The molecule has 0 aromatic rings. The van der Waals surface area contributed by atoms with Gasteiger partial charge in [-0.1, -0.05) is 90.9 Å². The molecule has 212 valence electrons. The first-order chi connectivity index (χ1) is 17.1. The zero-order valence-corrected chi connectivity index (χ0v) is 22.8. The summed E-state index contributed by atoms with van der Waals surface area (Å²) < 4.78 is 0. The molecule has 4 N–H and O–H groups in total. The van der Waals surface area contributed by atoms with Crippen LogP contribution in [0.4, 0.5) is 0 Å². The van der Waals surface area contributed by atoms with E-state index in [1.807, 2.05) is 0 Å². The number of unbranched alkanes of at least 4 members (excludes halogenated alkanes) is 11. The second-order valence-corrected chi connectivity index (χ2v) is 9.86. The Hall–Kier alpha value is -2.12. The summed E-state index contributed by atoms with van der Waals surface area (Å²) >= 11 is 0. The van der Waals surface area contributed by atoms with Crippen LogP contribution in [0.25, 0.3) is 0 Å². The minimum Gasteiger partial charge on any atom is -0.481 e. The number of carboxylic acid groups (broad SMARTS) is 4. The second-order valence-electron chi connectivity index (χ2n) is 9.86. The summed E-state index contributed by atoms with van der Waals surface area (Å²) in [5, 5.41) is 35.0. The van der Waals surface area contributed by atoms with Crippen molar-refractivity contribution in [2.24, 2.45) is 5.41 Å². The number of hydrogen-bond donors (Lipinski definition) is 4. The average Bonchev–Trinajstić information content (AvgIpc) is 2.81.